The Kier molecular flexibility index (Phi) is 5.54. The lowest BCUT2D eigenvalue weighted by atomic mass is 9.96. The number of carbonyl (C=O) groups excluding carboxylic acids is 1. The molecule has 2 fully saturated rings. The van der Waals surface area contributed by atoms with Gasteiger partial charge in [0.05, 0.1) is 0 Å². The molecular weight excluding hydrogens is 260 g/mol. The van der Waals surface area contributed by atoms with Crippen molar-refractivity contribution in [3.8, 4) is 0 Å². The van der Waals surface area contributed by atoms with Crippen LogP contribution in [-0.2, 0) is 4.79 Å². The van der Waals surface area contributed by atoms with Crippen LogP contribution in [0.4, 0.5) is 0 Å². The number of hydrogen-bond acceptors (Lipinski definition) is 4. The predicted molar refractivity (Wildman–Crippen MR) is 79.4 cm³/mol. The molecule has 1 heterocycles. The molecule has 0 bridgehead atoms. The maximum atomic E-state index is 12.0. The lowest BCUT2D eigenvalue weighted by molar-refractivity contribution is -0.140. The number of nitrogens with zero attached hydrogens (tertiary/aromatic N) is 1. The molecule has 0 aromatic heterocycles. The molecular formula is C14H26N2O2S. The summed E-state index contributed by atoms with van der Waals surface area (Å²) in [5.74, 6) is 1.59. The van der Waals surface area contributed by atoms with E-state index < -0.39 is 5.60 Å². The second-order valence-corrected chi connectivity index (χ2v) is 7.04. The topological polar surface area (TPSA) is 52.6 Å². The van der Waals surface area contributed by atoms with E-state index in [1.807, 2.05) is 11.8 Å². The zero-order chi connectivity index (χ0) is 13.7. The quantitative estimate of drug-likeness (QED) is 0.798. The molecule has 2 N–H and O–H groups in total. The SMILES string of the molecule is CN(CCNC(=O)C1(O)CCSCC1)C1CCCC1. The van der Waals surface area contributed by atoms with Crippen LogP contribution in [-0.4, -0.2) is 59.2 Å². The Balaban J connectivity index is 1.68. The first kappa shape index (κ1) is 15.1. The van der Waals surface area contributed by atoms with Crippen molar-refractivity contribution >= 4 is 17.7 Å². The molecule has 1 saturated carbocycles. The van der Waals surface area contributed by atoms with Gasteiger partial charge in [-0.25, -0.2) is 0 Å². The Hall–Kier alpha value is -0.260. The highest BCUT2D eigenvalue weighted by Crippen LogP contribution is 2.27. The molecule has 0 radical (unpaired) electrons. The van der Waals surface area contributed by atoms with Crippen molar-refractivity contribution < 1.29 is 9.90 Å². The van der Waals surface area contributed by atoms with Crippen molar-refractivity contribution in [2.75, 3.05) is 31.6 Å². The lowest BCUT2D eigenvalue weighted by Crippen LogP contribution is -2.50. The normalized spacial score (nSPS) is 23.7. The van der Waals surface area contributed by atoms with Crippen LogP contribution in [0.5, 0.6) is 0 Å². The van der Waals surface area contributed by atoms with E-state index in [-0.39, 0.29) is 5.91 Å². The summed E-state index contributed by atoms with van der Waals surface area (Å²) in [6.07, 6.45) is 6.40. The molecule has 0 atom stereocenters. The van der Waals surface area contributed by atoms with Gasteiger partial charge < -0.3 is 15.3 Å². The number of nitrogens with one attached hydrogen (secondary N) is 1. The van der Waals surface area contributed by atoms with Crippen LogP contribution in [0.15, 0.2) is 0 Å². The molecule has 110 valence electrons. The zero-order valence-electron chi connectivity index (χ0n) is 11.9. The second-order valence-electron chi connectivity index (χ2n) is 5.82. The van der Waals surface area contributed by atoms with Gasteiger partial charge in [-0.1, -0.05) is 12.8 Å². The molecule has 2 aliphatic rings. The Labute approximate surface area is 120 Å². The fraction of sp³-hybridized carbons (Fsp3) is 0.929. The zero-order valence-corrected chi connectivity index (χ0v) is 12.7. The summed E-state index contributed by atoms with van der Waals surface area (Å²) >= 11 is 1.81. The van der Waals surface area contributed by atoms with Crippen molar-refractivity contribution in [2.24, 2.45) is 0 Å². The molecule has 1 saturated heterocycles. The molecule has 5 heteroatoms. The minimum Gasteiger partial charge on any atom is -0.380 e. The first-order valence-electron chi connectivity index (χ1n) is 7.40. The van der Waals surface area contributed by atoms with Crippen molar-refractivity contribution in [2.45, 2.75) is 50.2 Å². The second kappa shape index (κ2) is 6.95. The van der Waals surface area contributed by atoms with Gasteiger partial charge in [-0.3, -0.25) is 4.79 Å². The highest BCUT2D eigenvalue weighted by Gasteiger charge is 2.37. The van der Waals surface area contributed by atoms with Crippen molar-refractivity contribution in [1.82, 2.24) is 10.2 Å². The molecule has 1 aliphatic heterocycles. The first-order valence-corrected chi connectivity index (χ1v) is 8.56. The van der Waals surface area contributed by atoms with Crippen LogP contribution < -0.4 is 5.32 Å². The lowest BCUT2D eigenvalue weighted by Gasteiger charge is -2.31. The summed E-state index contributed by atoms with van der Waals surface area (Å²) in [5, 5.41) is 13.2. The molecule has 19 heavy (non-hydrogen) atoms. The molecule has 1 amide bonds. The van der Waals surface area contributed by atoms with Gasteiger partial charge in [-0.2, -0.15) is 11.8 Å². The monoisotopic (exact) mass is 286 g/mol. The average molecular weight is 286 g/mol. The Bertz CT molecular complexity index is 300. The molecule has 0 spiro atoms. The van der Waals surface area contributed by atoms with Crippen molar-refractivity contribution in [3.63, 3.8) is 0 Å². The van der Waals surface area contributed by atoms with E-state index in [0.717, 1.165) is 18.1 Å². The van der Waals surface area contributed by atoms with Gasteiger partial charge in [0.1, 0.15) is 5.60 Å². The molecule has 0 aromatic rings. The molecule has 0 unspecified atom stereocenters. The van der Waals surface area contributed by atoms with E-state index in [1.165, 1.54) is 25.7 Å². The Morgan fingerprint density at radius 2 is 2.00 bits per heavy atom. The third kappa shape index (κ3) is 4.10. The van der Waals surface area contributed by atoms with Crippen LogP contribution in [0.2, 0.25) is 0 Å². The Morgan fingerprint density at radius 3 is 2.63 bits per heavy atom. The van der Waals surface area contributed by atoms with E-state index in [1.54, 1.807) is 0 Å². The number of rotatable bonds is 5. The minimum atomic E-state index is -1.11. The number of thioether (sulfide) groups is 1. The van der Waals surface area contributed by atoms with Crippen LogP contribution >= 0.6 is 11.8 Å². The highest BCUT2D eigenvalue weighted by molar-refractivity contribution is 7.99. The summed E-state index contributed by atoms with van der Waals surface area (Å²) in [4.78, 5) is 14.4. The summed E-state index contributed by atoms with van der Waals surface area (Å²) in [7, 11) is 2.13. The van der Waals surface area contributed by atoms with Gasteiger partial charge in [-0.15, -0.1) is 0 Å². The van der Waals surface area contributed by atoms with Gasteiger partial charge in [0.25, 0.3) is 5.91 Å². The fourth-order valence-electron chi connectivity index (χ4n) is 2.97. The van der Waals surface area contributed by atoms with Gasteiger partial charge >= 0.3 is 0 Å². The Morgan fingerprint density at radius 1 is 1.37 bits per heavy atom. The van der Waals surface area contributed by atoms with Crippen LogP contribution in [0.1, 0.15) is 38.5 Å². The van der Waals surface area contributed by atoms with Crippen molar-refractivity contribution in [3.05, 3.63) is 0 Å². The largest absolute Gasteiger partial charge is 0.380 e. The number of likely N-dealkylation sites (N-methyl/N-ethyl adjacent to an activating group) is 1. The van der Waals surface area contributed by atoms with E-state index in [0.29, 0.717) is 25.4 Å². The number of hydrogen-bond donors (Lipinski definition) is 2. The standard InChI is InChI=1S/C14H26N2O2S/c1-16(12-4-2-3-5-12)9-8-15-13(17)14(18)6-10-19-11-7-14/h12,18H,2-11H2,1H3,(H,15,17). The van der Waals surface area contributed by atoms with E-state index in [4.69, 9.17) is 0 Å². The average Bonchev–Trinajstić information content (AvgIpc) is 2.93. The predicted octanol–water partition coefficient (Wildman–Crippen LogP) is 1.24. The summed E-state index contributed by atoms with van der Waals surface area (Å²) < 4.78 is 0. The smallest absolute Gasteiger partial charge is 0.252 e. The molecule has 2 rings (SSSR count). The van der Waals surface area contributed by atoms with Crippen LogP contribution in [0.25, 0.3) is 0 Å². The first-order chi connectivity index (χ1) is 9.12. The van der Waals surface area contributed by atoms with Gasteiger partial charge in [0.2, 0.25) is 0 Å². The van der Waals surface area contributed by atoms with Gasteiger partial charge in [0, 0.05) is 19.1 Å². The number of carbonyl (C=O) groups is 1. The fourth-order valence-corrected chi connectivity index (χ4v) is 4.14. The summed E-state index contributed by atoms with van der Waals surface area (Å²) in [6.45, 7) is 1.52. The van der Waals surface area contributed by atoms with E-state index >= 15 is 0 Å². The number of amides is 1. The molecule has 1 aliphatic carbocycles. The molecule has 0 aromatic carbocycles. The highest BCUT2D eigenvalue weighted by atomic mass is 32.2. The third-order valence-electron chi connectivity index (χ3n) is 4.44. The van der Waals surface area contributed by atoms with Crippen molar-refractivity contribution in [1.29, 1.82) is 0 Å². The molecule has 4 nitrogen and oxygen atoms in total. The van der Waals surface area contributed by atoms with E-state index in [9.17, 15) is 9.90 Å². The maximum absolute atomic E-state index is 12.0. The summed E-state index contributed by atoms with van der Waals surface area (Å²) in [5.41, 5.74) is -1.11. The minimum absolute atomic E-state index is 0.173. The van der Waals surface area contributed by atoms with Crippen LogP contribution in [0.3, 0.4) is 0 Å². The van der Waals surface area contributed by atoms with E-state index in [2.05, 4.69) is 17.3 Å². The third-order valence-corrected chi connectivity index (χ3v) is 5.43. The van der Waals surface area contributed by atoms with Gasteiger partial charge in [-0.05, 0) is 44.2 Å². The number of aliphatic hydroxyl groups is 1. The van der Waals surface area contributed by atoms with Crippen LogP contribution in [0, 0.1) is 0 Å². The maximum Gasteiger partial charge on any atom is 0.252 e. The summed E-state index contributed by atoms with van der Waals surface area (Å²) in [6, 6.07) is 0.686. The van der Waals surface area contributed by atoms with Gasteiger partial charge in [0.15, 0.2) is 0 Å².